The molecular weight excluding hydrogens is 280 g/mol. The molecule has 0 amide bonds. The Morgan fingerprint density at radius 1 is 1.14 bits per heavy atom. The molecule has 0 unspecified atom stereocenters. The number of rotatable bonds is 7. The van der Waals surface area contributed by atoms with Gasteiger partial charge in [0.25, 0.3) is 0 Å². The first kappa shape index (κ1) is 16.3. The lowest BCUT2D eigenvalue weighted by Crippen LogP contribution is -2.07. The van der Waals surface area contributed by atoms with Crippen molar-refractivity contribution in [3.63, 3.8) is 0 Å². The topological polar surface area (TPSA) is 75.2 Å². The first-order valence-corrected chi connectivity index (χ1v) is 7.44. The van der Waals surface area contributed by atoms with E-state index in [9.17, 15) is 0 Å². The van der Waals surface area contributed by atoms with E-state index in [-0.39, 0.29) is 0 Å². The zero-order chi connectivity index (χ0) is 16.1. The highest BCUT2D eigenvalue weighted by atomic mass is 16.5. The first-order valence-electron chi connectivity index (χ1n) is 7.44. The molecule has 0 spiro atoms. The smallest absolute Gasteiger partial charge is 0.123 e. The second kappa shape index (κ2) is 7.26. The predicted octanol–water partition coefficient (Wildman–Crippen LogP) is 2.47. The molecule has 0 fully saturated rings. The van der Waals surface area contributed by atoms with Gasteiger partial charge in [-0.25, -0.2) is 4.68 Å². The minimum Gasteiger partial charge on any atom is -0.497 e. The van der Waals surface area contributed by atoms with Crippen LogP contribution in [0.15, 0.2) is 18.2 Å². The zero-order valence-electron chi connectivity index (χ0n) is 13.7. The quantitative estimate of drug-likeness (QED) is 0.850. The molecule has 1 aromatic heterocycles. The number of hydrogen-bond donors (Lipinski definition) is 1. The highest BCUT2D eigenvalue weighted by Crippen LogP contribution is 2.31. The van der Waals surface area contributed by atoms with E-state index in [1.54, 1.807) is 14.2 Å². The van der Waals surface area contributed by atoms with Gasteiger partial charge in [-0.1, -0.05) is 19.1 Å². The van der Waals surface area contributed by atoms with E-state index in [4.69, 9.17) is 15.2 Å². The molecule has 2 rings (SSSR count). The van der Waals surface area contributed by atoms with Gasteiger partial charge in [-0.15, -0.1) is 5.10 Å². The summed E-state index contributed by atoms with van der Waals surface area (Å²) < 4.78 is 12.6. The Labute approximate surface area is 131 Å². The van der Waals surface area contributed by atoms with Crippen molar-refractivity contribution in [3.05, 3.63) is 23.9 Å². The van der Waals surface area contributed by atoms with Crippen molar-refractivity contribution < 1.29 is 9.47 Å². The van der Waals surface area contributed by atoms with Crippen molar-refractivity contribution in [3.8, 4) is 22.8 Å². The Morgan fingerprint density at radius 2 is 1.77 bits per heavy atom. The zero-order valence-corrected chi connectivity index (χ0v) is 13.7. The minimum atomic E-state index is 0.344. The third-order valence-electron chi connectivity index (χ3n) is 3.54. The maximum atomic E-state index is 5.82. The standard InChI is InChI=1S/C16H24N4O2/c1-11(2)5-6-20-16(15(10-17)18-19-20)12-7-13(21-3)9-14(8-12)22-4/h7-9,11H,5-6,10,17H2,1-4H3. The molecule has 120 valence electrons. The Balaban J connectivity index is 2.47. The summed E-state index contributed by atoms with van der Waals surface area (Å²) in [7, 11) is 3.27. The molecule has 2 aromatic rings. The SMILES string of the molecule is COc1cc(OC)cc(-c2c(CN)nnn2CCC(C)C)c1. The van der Waals surface area contributed by atoms with Crippen LogP contribution in [0.5, 0.6) is 11.5 Å². The predicted molar refractivity (Wildman–Crippen MR) is 85.9 cm³/mol. The number of benzene rings is 1. The number of methoxy groups -OCH3 is 2. The molecule has 0 atom stereocenters. The van der Waals surface area contributed by atoms with E-state index in [1.807, 2.05) is 22.9 Å². The van der Waals surface area contributed by atoms with Crippen LogP contribution in [0.4, 0.5) is 0 Å². The third-order valence-corrected chi connectivity index (χ3v) is 3.54. The van der Waals surface area contributed by atoms with Crippen LogP contribution in [0.2, 0.25) is 0 Å². The Kier molecular flexibility index (Phi) is 5.38. The van der Waals surface area contributed by atoms with Gasteiger partial charge in [0, 0.05) is 24.7 Å². The number of nitrogens with two attached hydrogens (primary N) is 1. The number of hydrogen-bond acceptors (Lipinski definition) is 5. The Bertz CT molecular complexity index is 600. The molecule has 22 heavy (non-hydrogen) atoms. The molecule has 0 aliphatic rings. The molecule has 2 N–H and O–H groups in total. The van der Waals surface area contributed by atoms with Crippen molar-refractivity contribution in [2.24, 2.45) is 11.7 Å². The van der Waals surface area contributed by atoms with Gasteiger partial charge in [-0.3, -0.25) is 0 Å². The highest BCUT2D eigenvalue weighted by Gasteiger charge is 2.16. The van der Waals surface area contributed by atoms with Gasteiger partial charge in [0.05, 0.1) is 19.9 Å². The fraction of sp³-hybridized carbons (Fsp3) is 0.500. The molecule has 0 aliphatic carbocycles. The molecule has 0 radical (unpaired) electrons. The largest absolute Gasteiger partial charge is 0.497 e. The van der Waals surface area contributed by atoms with Crippen molar-refractivity contribution >= 4 is 0 Å². The van der Waals surface area contributed by atoms with Gasteiger partial charge in [-0.2, -0.15) is 0 Å². The lowest BCUT2D eigenvalue weighted by Gasteiger charge is -2.12. The van der Waals surface area contributed by atoms with Crippen LogP contribution < -0.4 is 15.2 Å². The number of aromatic nitrogens is 3. The fourth-order valence-corrected chi connectivity index (χ4v) is 2.28. The van der Waals surface area contributed by atoms with Gasteiger partial charge in [0.2, 0.25) is 0 Å². The molecule has 1 heterocycles. The number of nitrogens with zero attached hydrogens (tertiary/aromatic N) is 3. The average Bonchev–Trinajstić information content (AvgIpc) is 2.95. The number of ether oxygens (including phenoxy) is 2. The van der Waals surface area contributed by atoms with Crippen LogP contribution in [0, 0.1) is 5.92 Å². The van der Waals surface area contributed by atoms with Gasteiger partial charge < -0.3 is 15.2 Å². The van der Waals surface area contributed by atoms with Crippen LogP contribution in [-0.2, 0) is 13.1 Å². The Morgan fingerprint density at radius 3 is 2.27 bits per heavy atom. The summed E-state index contributed by atoms with van der Waals surface area (Å²) in [6.07, 6.45) is 1.03. The summed E-state index contributed by atoms with van der Waals surface area (Å²) in [5, 5.41) is 8.46. The molecule has 1 aromatic carbocycles. The van der Waals surface area contributed by atoms with E-state index in [1.165, 1.54) is 0 Å². The summed E-state index contributed by atoms with van der Waals surface area (Å²) >= 11 is 0. The van der Waals surface area contributed by atoms with Crippen molar-refractivity contribution in [1.29, 1.82) is 0 Å². The summed E-state index contributed by atoms with van der Waals surface area (Å²) in [5.74, 6) is 2.06. The second-order valence-electron chi connectivity index (χ2n) is 5.60. The van der Waals surface area contributed by atoms with Gasteiger partial charge in [0.1, 0.15) is 17.2 Å². The van der Waals surface area contributed by atoms with E-state index >= 15 is 0 Å². The van der Waals surface area contributed by atoms with E-state index in [0.29, 0.717) is 12.5 Å². The normalized spacial score (nSPS) is 11.0. The van der Waals surface area contributed by atoms with Crippen LogP contribution in [0.3, 0.4) is 0 Å². The second-order valence-corrected chi connectivity index (χ2v) is 5.60. The van der Waals surface area contributed by atoms with Gasteiger partial charge in [-0.05, 0) is 24.5 Å². The summed E-state index contributed by atoms with van der Waals surface area (Å²) in [5.41, 5.74) is 8.48. The molecule has 0 aliphatic heterocycles. The van der Waals surface area contributed by atoms with Crippen LogP contribution in [-0.4, -0.2) is 29.2 Å². The fourth-order valence-electron chi connectivity index (χ4n) is 2.28. The van der Waals surface area contributed by atoms with Crippen LogP contribution >= 0.6 is 0 Å². The van der Waals surface area contributed by atoms with Crippen molar-refractivity contribution in [1.82, 2.24) is 15.0 Å². The minimum absolute atomic E-state index is 0.344. The molecular formula is C16H24N4O2. The summed E-state index contributed by atoms with van der Waals surface area (Å²) in [4.78, 5) is 0. The van der Waals surface area contributed by atoms with Crippen LogP contribution in [0.25, 0.3) is 11.3 Å². The van der Waals surface area contributed by atoms with Gasteiger partial charge in [0.15, 0.2) is 0 Å². The monoisotopic (exact) mass is 304 g/mol. The number of aryl methyl sites for hydroxylation is 1. The summed E-state index contributed by atoms with van der Waals surface area (Å²) in [6.45, 7) is 5.53. The highest BCUT2D eigenvalue weighted by molar-refractivity contribution is 5.66. The van der Waals surface area contributed by atoms with Gasteiger partial charge >= 0.3 is 0 Å². The lowest BCUT2D eigenvalue weighted by molar-refractivity contribution is 0.394. The van der Waals surface area contributed by atoms with E-state index in [2.05, 4.69) is 24.2 Å². The molecule has 0 bridgehead atoms. The molecule has 6 heteroatoms. The lowest BCUT2D eigenvalue weighted by atomic mass is 10.1. The van der Waals surface area contributed by atoms with E-state index in [0.717, 1.165) is 41.4 Å². The summed E-state index contributed by atoms with van der Waals surface area (Å²) in [6, 6.07) is 5.74. The van der Waals surface area contributed by atoms with Crippen molar-refractivity contribution in [2.75, 3.05) is 14.2 Å². The molecule has 0 saturated heterocycles. The maximum absolute atomic E-state index is 5.82. The molecule has 6 nitrogen and oxygen atoms in total. The Hall–Kier alpha value is -2.08. The van der Waals surface area contributed by atoms with E-state index < -0.39 is 0 Å². The maximum Gasteiger partial charge on any atom is 0.123 e. The third kappa shape index (κ3) is 3.57. The molecule has 0 saturated carbocycles. The average molecular weight is 304 g/mol. The van der Waals surface area contributed by atoms with Crippen molar-refractivity contribution in [2.45, 2.75) is 33.4 Å². The first-order chi connectivity index (χ1) is 10.6. The van der Waals surface area contributed by atoms with Crippen LogP contribution in [0.1, 0.15) is 26.0 Å².